The van der Waals surface area contributed by atoms with Gasteiger partial charge < -0.3 is 10.2 Å². The van der Waals surface area contributed by atoms with Gasteiger partial charge in [-0.25, -0.2) is 4.98 Å². The van der Waals surface area contributed by atoms with Gasteiger partial charge in [0.2, 0.25) is 5.91 Å². The van der Waals surface area contributed by atoms with Gasteiger partial charge >= 0.3 is 6.55 Å². The number of carbonyl (C=O) groups excluding carboxylic acids is 1. The summed E-state index contributed by atoms with van der Waals surface area (Å²) >= 11 is 1.01. The first kappa shape index (κ1) is 19.7. The lowest BCUT2D eigenvalue weighted by Crippen LogP contribution is -2.29. The number of para-hydroxylation sites is 2. The zero-order valence-electron chi connectivity index (χ0n) is 15.9. The molecule has 1 fully saturated rings. The van der Waals surface area contributed by atoms with Gasteiger partial charge in [0.1, 0.15) is 0 Å². The van der Waals surface area contributed by atoms with Gasteiger partial charge in [-0.2, -0.15) is 8.78 Å². The zero-order valence-corrected chi connectivity index (χ0v) is 16.7. The van der Waals surface area contributed by atoms with Crippen LogP contribution in [0.2, 0.25) is 0 Å². The average Bonchev–Trinajstić information content (AvgIpc) is 3.12. The number of carbonyl (C=O) groups is 1. The molecule has 1 aliphatic heterocycles. The van der Waals surface area contributed by atoms with Gasteiger partial charge in [0.15, 0.2) is 5.16 Å². The second-order valence-corrected chi connectivity index (χ2v) is 7.90. The standard InChI is InChI=1S/C21H22F2N4OS/c22-20(23)27-18-7-3-2-6-17(18)25-21(27)29-14-19(28)24-15-8-10-16(11-9-15)26-12-4-1-5-13-26/h2-3,6-11,20H,1,4-5,12-14H2,(H,24,28). The summed E-state index contributed by atoms with van der Waals surface area (Å²) in [5.41, 5.74) is 2.70. The van der Waals surface area contributed by atoms with E-state index in [0.717, 1.165) is 35.1 Å². The molecule has 0 unspecified atom stereocenters. The summed E-state index contributed by atoms with van der Waals surface area (Å²) in [6.07, 6.45) is 3.69. The number of hydrogen-bond donors (Lipinski definition) is 1. The molecule has 0 spiro atoms. The Hall–Kier alpha value is -2.61. The molecule has 4 rings (SSSR count). The number of fused-ring (bicyclic) bond motifs is 1. The Kier molecular flexibility index (Phi) is 5.99. The van der Waals surface area contributed by atoms with Crippen molar-refractivity contribution in [2.75, 3.05) is 29.1 Å². The van der Waals surface area contributed by atoms with Crippen LogP contribution >= 0.6 is 11.8 Å². The third-order valence-electron chi connectivity index (χ3n) is 4.96. The van der Waals surface area contributed by atoms with Crippen molar-refractivity contribution >= 4 is 40.1 Å². The minimum Gasteiger partial charge on any atom is -0.372 e. The second kappa shape index (κ2) is 8.82. The van der Waals surface area contributed by atoms with E-state index in [4.69, 9.17) is 0 Å². The third-order valence-corrected chi connectivity index (χ3v) is 5.92. The topological polar surface area (TPSA) is 50.2 Å². The van der Waals surface area contributed by atoms with Crippen LogP contribution in [-0.4, -0.2) is 34.3 Å². The number of anilines is 2. The van der Waals surface area contributed by atoms with Gasteiger partial charge in [-0.3, -0.25) is 9.36 Å². The molecule has 1 aromatic heterocycles. The van der Waals surface area contributed by atoms with Crippen LogP contribution in [0.25, 0.3) is 11.0 Å². The van der Waals surface area contributed by atoms with E-state index < -0.39 is 6.55 Å². The highest BCUT2D eigenvalue weighted by atomic mass is 32.2. The van der Waals surface area contributed by atoms with Gasteiger partial charge in [0.25, 0.3) is 0 Å². The van der Waals surface area contributed by atoms with E-state index in [-0.39, 0.29) is 16.8 Å². The van der Waals surface area contributed by atoms with Crippen molar-refractivity contribution in [3.63, 3.8) is 0 Å². The molecule has 8 heteroatoms. The minimum atomic E-state index is -2.71. The summed E-state index contributed by atoms with van der Waals surface area (Å²) in [5.74, 6) is -0.252. The minimum absolute atomic E-state index is 0.00389. The zero-order chi connectivity index (χ0) is 20.2. The fourth-order valence-corrected chi connectivity index (χ4v) is 4.36. The molecule has 1 aliphatic rings. The predicted molar refractivity (Wildman–Crippen MR) is 113 cm³/mol. The lowest BCUT2D eigenvalue weighted by Gasteiger charge is -2.28. The number of alkyl halides is 2. The number of piperidine rings is 1. The van der Waals surface area contributed by atoms with Crippen LogP contribution in [0.1, 0.15) is 25.8 Å². The molecule has 0 bridgehead atoms. The van der Waals surface area contributed by atoms with E-state index in [1.165, 1.54) is 19.3 Å². The first-order valence-corrected chi connectivity index (χ1v) is 10.6. The second-order valence-electron chi connectivity index (χ2n) is 6.96. The fourth-order valence-electron chi connectivity index (χ4n) is 3.55. The average molecular weight is 416 g/mol. The van der Waals surface area contributed by atoms with Gasteiger partial charge in [0, 0.05) is 24.5 Å². The number of halogens is 2. The summed E-state index contributed by atoms with van der Waals surface area (Å²) in [6.45, 7) is -0.587. The van der Waals surface area contributed by atoms with Crippen molar-refractivity contribution in [2.45, 2.75) is 31.0 Å². The smallest absolute Gasteiger partial charge is 0.321 e. The van der Waals surface area contributed by atoms with Crippen LogP contribution in [0.4, 0.5) is 20.2 Å². The number of nitrogens with one attached hydrogen (secondary N) is 1. The van der Waals surface area contributed by atoms with Crippen molar-refractivity contribution < 1.29 is 13.6 Å². The molecule has 0 atom stereocenters. The highest BCUT2D eigenvalue weighted by molar-refractivity contribution is 7.99. The molecule has 2 aromatic carbocycles. The number of imidazole rings is 1. The molecule has 5 nitrogen and oxygen atoms in total. The number of benzene rings is 2. The Balaban J connectivity index is 1.38. The molecule has 1 amide bonds. The van der Waals surface area contributed by atoms with Gasteiger partial charge in [0.05, 0.1) is 16.8 Å². The van der Waals surface area contributed by atoms with Crippen LogP contribution in [0, 0.1) is 0 Å². The van der Waals surface area contributed by atoms with Gasteiger partial charge in [-0.1, -0.05) is 23.9 Å². The Morgan fingerprint density at radius 3 is 2.52 bits per heavy atom. The van der Waals surface area contributed by atoms with Crippen LogP contribution in [0.15, 0.2) is 53.7 Å². The monoisotopic (exact) mass is 416 g/mol. The molecule has 1 N–H and O–H groups in total. The Morgan fingerprint density at radius 2 is 1.79 bits per heavy atom. The van der Waals surface area contributed by atoms with Gasteiger partial charge in [-0.15, -0.1) is 0 Å². The number of aromatic nitrogens is 2. The van der Waals surface area contributed by atoms with Crippen molar-refractivity contribution in [1.82, 2.24) is 9.55 Å². The van der Waals surface area contributed by atoms with Crippen molar-refractivity contribution in [2.24, 2.45) is 0 Å². The van der Waals surface area contributed by atoms with Crippen molar-refractivity contribution in [3.05, 3.63) is 48.5 Å². The number of hydrogen-bond acceptors (Lipinski definition) is 4. The van der Waals surface area contributed by atoms with Crippen molar-refractivity contribution in [1.29, 1.82) is 0 Å². The maximum absolute atomic E-state index is 13.5. The number of amides is 1. The fraction of sp³-hybridized carbons (Fsp3) is 0.333. The van der Waals surface area contributed by atoms with Crippen LogP contribution in [0.3, 0.4) is 0 Å². The Bertz CT molecular complexity index is 984. The number of thioether (sulfide) groups is 1. The lowest BCUT2D eigenvalue weighted by atomic mass is 10.1. The first-order chi connectivity index (χ1) is 14.1. The number of rotatable bonds is 6. The SMILES string of the molecule is O=C(CSc1nc2ccccc2n1C(F)F)Nc1ccc(N2CCCCC2)cc1. The largest absolute Gasteiger partial charge is 0.372 e. The molecule has 2 heterocycles. The highest BCUT2D eigenvalue weighted by Gasteiger charge is 2.19. The Morgan fingerprint density at radius 1 is 1.07 bits per heavy atom. The summed E-state index contributed by atoms with van der Waals surface area (Å²) in [6, 6.07) is 14.5. The molecule has 152 valence electrons. The summed E-state index contributed by atoms with van der Waals surface area (Å²) in [7, 11) is 0. The van der Waals surface area contributed by atoms with Crippen LogP contribution in [0.5, 0.6) is 0 Å². The maximum atomic E-state index is 13.5. The highest BCUT2D eigenvalue weighted by Crippen LogP contribution is 2.29. The molecule has 0 aliphatic carbocycles. The van der Waals surface area contributed by atoms with E-state index >= 15 is 0 Å². The van der Waals surface area contributed by atoms with Gasteiger partial charge in [-0.05, 0) is 55.7 Å². The molecule has 29 heavy (non-hydrogen) atoms. The molecular formula is C21H22F2N4OS. The van der Waals surface area contributed by atoms with E-state index in [0.29, 0.717) is 16.7 Å². The Labute approximate surface area is 172 Å². The van der Waals surface area contributed by atoms with Crippen molar-refractivity contribution in [3.8, 4) is 0 Å². The first-order valence-electron chi connectivity index (χ1n) is 9.64. The molecular weight excluding hydrogens is 394 g/mol. The van der Waals surface area contributed by atoms with E-state index in [1.54, 1.807) is 24.3 Å². The quantitative estimate of drug-likeness (QED) is 0.565. The van der Waals surface area contributed by atoms with E-state index in [9.17, 15) is 13.6 Å². The molecule has 0 saturated carbocycles. The summed E-state index contributed by atoms with van der Waals surface area (Å²) < 4.78 is 27.8. The van der Waals surface area contributed by atoms with E-state index in [2.05, 4.69) is 15.2 Å². The summed E-state index contributed by atoms with van der Waals surface area (Å²) in [4.78, 5) is 18.9. The number of nitrogens with zero attached hydrogens (tertiary/aromatic N) is 3. The van der Waals surface area contributed by atoms with E-state index in [1.807, 2.05) is 24.3 Å². The molecule has 0 radical (unpaired) electrons. The van der Waals surface area contributed by atoms with Crippen LogP contribution in [-0.2, 0) is 4.79 Å². The molecule has 1 saturated heterocycles. The molecule has 3 aromatic rings. The normalized spacial score (nSPS) is 14.5. The maximum Gasteiger partial charge on any atom is 0.321 e. The summed E-state index contributed by atoms with van der Waals surface area (Å²) in [5, 5.41) is 2.96. The third kappa shape index (κ3) is 4.53. The van der Waals surface area contributed by atoms with Crippen LogP contribution < -0.4 is 10.2 Å². The predicted octanol–water partition coefficient (Wildman–Crippen LogP) is 5.15. The lowest BCUT2D eigenvalue weighted by molar-refractivity contribution is -0.113.